The lowest BCUT2D eigenvalue weighted by atomic mass is 9.60. The zero-order valence-corrected chi connectivity index (χ0v) is 10.1. The van der Waals surface area contributed by atoms with Gasteiger partial charge in [0.1, 0.15) is 0 Å². The summed E-state index contributed by atoms with van der Waals surface area (Å²) in [6.45, 7) is 0.686. The highest BCUT2D eigenvalue weighted by atomic mass is 32.2. The van der Waals surface area contributed by atoms with Crippen molar-refractivity contribution in [1.82, 2.24) is 0 Å². The molecule has 4 nitrogen and oxygen atoms in total. The van der Waals surface area contributed by atoms with Crippen molar-refractivity contribution in [2.45, 2.75) is 12.8 Å². The molecule has 1 heterocycles. The zero-order chi connectivity index (χ0) is 11.6. The summed E-state index contributed by atoms with van der Waals surface area (Å²) in [6, 6.07) is 0. The third kappa shape index (κ3) is 1.31. The van der Waals surface area contributed by atoms with Crippen molar-refractivity contribution in [2.75, 3.05) is 24.7 Å². The van der Waals surface area contributed by atoms with E-state index in [1.54, 1.807) is 0 Å². The number of fused-ring (bicyclic) bond motifs is 4. The highest BCUT2D eigenvalue weighted by molar-refractivity contribution is 7.91. The topological polar surface area (TPSA) is 80.4 Å². The second kappa shape index (κ2) is 3.21. The van der Waals surface area contributed by atoms with Crippen molar-refractivity contribution in [3.8, 4) is 0 Å². The van der Waals surface area contributed by atoms with Gasteiger partial charge >= 0.3 is 0 Å². The fraction of sp³-hybridized carbons (Fsp3) is 1.00. The number of sulfone groups is 1. The van der Waals surface area contributed by atoms with Gasteiger partial charge in [-0.3, -0.25) is 0 Å². The van der Waals surface area contributed by atoms with Crippen LogP contribution in [0.4, 0.5) is 0 Å². The Morgan fingerprint density at radius 1 is 1.12 bits per heavy atom. The van der Waals surface area contributed by atoms with Gasteiger partial charge in [0.2, 0.25) is 0 Å². The number of hydrogen-bond donors (Lipinski definition) is 2. The van der Waals surface area contributed by atoms with E-state index in [0.29, 0.717) is 41.7 Å². The first-order valence-electron chi connectivity index (χ1n) is 6.02. The summed E-state index contributed by atoms with van der Waals surface area (Å²) in [4.78, 5) is 0. The molecule has 3 rings (SSSR count). The lowest BCUT2D eigenvalue weighted by Gasteiger charge is -2.44. The quantitative estimate of drug-likeness (QED) is 0.695. The molecule has 0 aromatic carbocycles. The second-order valence-corrected chi connectivity index (χ2v) is 8.16. The van der Waals surface area contributed by atoms with Crippen LogP contribution in [-0.2, 0) is 9.84 Å². The third-order valence-electron chi connectivity index (χ3n) is 5.20. The molecule has 1 aliphatic heterocycles. The Balaban J connectivity index is 1.80. The first-order valence-corrected chi connectivity index (χ1v) is 7.84. The van der Waals surface area contributed by atoms with Crippen LogP contribution in [0.5, 0.6) is 0 Å². The van der Waals surface area contributed by atoms with Gasteiger partial charge in [0.05, 0.1) is 11.5 Å². The van der Waals surface area contributed by atoms with Crippen LogP contribution >= 0.6 is 0 Å². The average molecular weight is 245 g/mol. The van der Waals surface area contributed by atoms with Gasteiger partial charge in [0.15, 0.2) is 9.84 Å². The van der Waals surface area contributed by atoms with E-state index in [1.807, 2.05) is 0 Å². The molecule has 1 saturated heterocycles. The molecular weight excluding hydrogens is 226 g/mol. The highest BCUT2D eigenvalue weighted by Crippen LogP contribution is 2.63. The van der Waals surface area contributed by atoms with Crippen LogP contribution in [0.25, 0.3) is 0 Å². The maximum absolute atomic E-state index is 11.5. The lowest BCUT2D eigenvalue weighted by Crippen LogP contribution is -2.42. The molecule has 2 saturated carbocycles. The van der Waals surface area contributed by atoms with Crippen LogP contribution in [0.1, 0.15) is 12.8 Å². The van der Waals surface area contributed by atoms with E-state index >= 15 is 0 Å². The smallest absolute Gasteiger partial charge is 0.150 e. The Morgan fingerprint density at radius 2 is 1.62 bits per heavy atom. The molecule has 0 bridgehead atoms. The zero-order valence-electron chi connectivity index (χ0n) is 9.30. The molecule has 0 spiro atoms. The molecule has 3 fully saturated rings. The highest BCUT2D eigenvalue weighted by Gasteiger charge is 2.63. The second-order valence-electron chi connectivity index (χ2n) is 6.00. The predicted molar refractivity (Wildman–Crippen MR) is 60.4 cm³/mol. The summed E-state index contributed by atoms with van der Waals surface area (Å²) >= 11 is 0. The number of aliphatic hydroxyl groups is 1. The monoisotopic (exact) mass is 245 g/mol. The lowest BCUT2D eigenvalue weighted by molar-refractivity contribution is 0.0462. The largest absolute Gasteiger partial charge is 0.396 e. The fourth-order valence-corrected chi connectivity index (χ4v) is 6.62. The summed E-state index contributed by atoms with van der Waals surface area (Å²) in [7, 11) is -2.77. The molecule has 0 aromatic rings. The molecule has 92 valence electrons. The molecule has 16 heavy (non-hydrogen) atoms. The summed E-state index contributed by atoms with van der Waals surface area (Å²) in [6.07, 6.45) is 1.86. The van der Waals surface area contributed by atoms with E-state index in [9.17, 15) is 13.5 Å². The number of rotatable bonds is 2. The van der Waals surface area contributed by atoms with Crippen LogP contribution < -0.4 is 5.73 Å². The van der Waals surface area contributed by atoms with E-state index in [-0.39, 0.29) is 12.0 Å². The number of aliphatic hydroxyl groups excluding tert-OH is 1. The molecule has 3 aliphatic rings. The van der Waals surface area contributed by atoms with Crippen molar-refractivity contribution >= 4 is 9.84 Å². The van der Waals surface area contributed by atoms with Crippen LogP contribution in [0.15, 0.2) is 0 Å². The summed E-state index contributed by atoms with van der Waals surface area (Å²) < 4.78 is 23.1. The van der Waals surface area contributed by atoms with Gasteiger partial charge in [-0.05, 0) is 36.5 Å². The summed E-state index contributed by atoms with van der Waals surface area (Å²) in [5.41, 5.74) is 5.65. The average Bonchev–Trinajstić information content (AvgIpc) is 2.73. The molecule has 0 radical (unpaired) electrons. The predicted octanol–water partition coefficient (Wildman–Crippen LogP) is -0.376. The number of nitrogens with two attached hydrogens (primary N) is 1. The SMILES string of the molecule is NCC1(CO)C[C@H]2[C@H](C1)[C@@H]1CS(=O)(=O)C[C@@H]21. The minimum atomic E-state index is -2.77. The van der Waals surface area contributed by atoms with Crippen molar-refractivity contribution in [3.63, 3.8) is 0 Å². The maximum Gasteiger partial charge on any atom is 0.150 e. The van der Waals surface area contributed by atoms with Crippen LogP contribution in [0.2, 0.25) is 0 Å². The van der Waals surface area contributed by atoms with Crippen molar-refractivity contribution < 1.29 is 13.5 Å². The minimum Gasteiger partial charge on any atom is -0.396 e. The molecule has 5 heteroatoms. The number of hydrogen-bond acceptors (Lipinski definition) is 4. The van der Waals surface area contributed by atoms with Gasteiger partial charge in [0, 0.05) is 18.6 Å². The Morgan fingerprint density at radius 3 is 2.00 bits per heavy atom. The van der Waals surface area contributed by atoms with E-state index < -0.39 is 9.84 Å². The molecule has 0 aromatic heterocycles. The Hall–Kier alpha value is -0.130. The van der Waals surface area contributed by atoms with Crippen molar-refractivity contribution in [3.05, 3.63) is 0 Å². The van der Waals surface area contributed by atoms with Crippen LogP contribution in [-0.4, -0.2) is 38.2 Å². The Labute approximate surface area is 96.1 Å². The first-order chi connectivity index (χ1) is 7.50. The first kappa shape index (κ1) is 11.0. The molecular formula is C11H19NO3S. The summed E-state index contributed by atoms with van der Waals surface area (Å²) in [5, 5.41) is 9.45. The molecule has 0 unspecified atom stereocenters. The Bertz CT molecular complexity index is 373. The van der Waals surface area contributed by atoms with E-state index in [1.165, 1.54) is 0 Å². The molecule has 2 aliphatic carbocycles. The van der Waals surface area contributed by atoms with E-state index in [2.05, 4.69) is 0 Å². The van der Waals surface area contributed by atoms with Crippen LogP contribution in [0, 0.1) is 29.1 Å². The van der Waals surface area contributed by atoms with Gasteiger partial charge in [-0.15, -0.1) is 0 Å². The van der Waals surface area contributed by atoms with E-state index in [0.717, 1.165) is 12.8 Å². The normalized spacial score (nSPS) is 53.1. The van der Waals surface area contributed by atoms with Crippen molar-refractivity contribution in [1.29, 1.82) is 0 Å². The minimum absolute atomic E-state index is 0.108. The third-order valence-corrected chi connectivity index (χ3v) is 6.98. The van der Waals surface area contributed by atoms with Gasteiger partial charge < -0.3 is 10.8 Å². The van der Waals surface area contributed by atoms with Gasteiger partial charge in [-0.25, -0.2) is 8.42 Å². The standard InChI is InChI=1S/C11H19NO3S/c12-5-11(6-13)1-7-8(2-11)10-4-16(14,15)3-9(7)10/h7-10,13H,1-6,12H2/t7-,8-,9-,10-/m0/s1. The fourth-order valence-electron chi connectivity index (χ4n) is 4.32. The van der Waals surface area contributed by atoms with E-state index in [4.69, 9.17) is 5.73 Å². The maximum atomic E-state index is 11.5. The molecule has 3 N–H and O–H groups in total. The van der Waals surface area contributed by atoms with Crippen LogP contribution in [0.3, 0.4) is 0 Å². The molecule has 0 amide bonds. The summed E-state index contributed by atoms with van der Waals surface area (Å²) in [5.74, 6) is 2.52. The van der Waals surface area contributed by atoms with Gasteiger partial charge in [-0.1, -0.05) is 0 Å². The Kier molecular flexibility index (Phi) is 2.20. The van der Waals surface area contributed by atoms with Gasteiger partial charge in [0.25, 0.3) is 0 Å². The molecule has 4 atom stereocenters. The van der Waals surface area contributed by atoms with Crippen molar-refractivity contribution in [2.24, 2.45) is 34.8 Å². The van der Waals surface area contributed by atoms with Gasteiger partial charge in [-0.2, -0.15) is 0 Å².